The van der Waals surface area contributed by atoms with Crippen LogP contribution in [0.4, 0.5) is 0 Å². The Morgan fingerprint density at radius 1 is 1.77 bits per heavy atom. The highest BCUT2D eigenvalue weighted by molar-refractivity contribution is 7.85. The van der Waals surface area contributed by atoms with Crippen molar-refractivity contribution >= 4 is 16.0 Å². The fourth-order valence-corrected chi connectivity index (χ4v) is 1.58. The first kappa shape index (κ1) is 12.1. The Morgan fingerprint density at radius 3 is 2.54 bits per heavy atom. The molecular formula is C6H12N2O4S. The number of hydrogen-bond acceptors (Lipinski definition) is 4. The summed E-state index contributed by atoms with van der Waals surface area (Å²) >= 11 is 0. The molecule has 0 spiro atoms. The maximum absolute atomic E-state index is 10.7. The monoisotopic (exact) mass is 208 g/mol. The molecular weight excluding hydrogens is 196 g/mol. The molecule has 1 amide bonds. The molecule has 7 heteroatoms. The van der Waals surface area contributed by atoms with Gasteiger partial charge >= 0.3 is 0 Å². The normalized spacial score (nSPS) is 15.9. The lowest BCUT2D eigenvalue weighted by Crippen LogP contribution is -2.57. The maximum atomic E-state index is 10.7. The number of carbonyl (C=O) groups excluding carboxylic acids is 1. The molecule has 1 atom stereocenters. The fourth-order valence-electron chi connectivity index (χ4n) is 0.747. The van der Waals surface area contributed by atoms with Crippen LogP contribution >= 0.6 is 0 Å². The fraction of sp³-hybridized carbons (Fsp3) is 0.500. The van der Waals surface area contributed by atoms with Crippen molar-refractivity contribution in [2.24, 2.45) is 5.73 Å². The van der Waals surface area contributed by atoms with E-state index < -0.39 is 27.4 Å². The Hall–Kier alpha value is -0.920. The van der Waals surface area contributed by atoms with Crippen molar-refractivity contribution in [1.82, 2.24) is 5.32 Å². The van der Waals surface area contributed by atoms with Gasteiger partial charge in [-0.25, -0.2) is 0 Å². The number of hydrogen-bond donors (Lipinski definition) is 3. The van der Waals surface area contributed by atoms with Gasteiger partial charge in [0.05, 0.1) is 0 Å². The van der Waals surface area contributed by atoms with E-state index in [-0.39, 0.29) is 0 Å². The molecule has 0 fully saturated rings. The van der Waals surface area contributed by atoms with E-state index in [2.05, 4.69) is 11.9 Å². The van der Waals surface area contributed by atoms with Gasteiger partial charge in [-0.1, -0.05) is 6.58 Å². The average molecular weight is 208 g/mol. The lowest BCUT2D eigenvalue weighted by Gasteiger charge is -2.23. The van der Waals surface area contributed by atoms with Crippen LogP contribution in [-0.2, 0) is 14.9 Å². The van der Waals surface area contributed by atoms with Crippen LogP contribution in [0, 0.1) is 0 Å². The van der Waals surface area contributed by atoms with Crippen LogP contribution in [0.2, 0.25) is 0 Å². The van der Waals surface area contributed by atoms with Gasteiger partial charge in [-0.2, -0.15) is 8.42 Å². The minimum Gasteiger partial charge on any atom is -0.334 e. The van der Waals surface area contributed by atoms with E-state index >= 15 is 0 Å². The number of rotatable bonds is 4. The molecule has 0 aliphatic rings. The van der Waals surface area contributed by atoms with Crippen LogP contribution in [-0.4, -0.2) is 30.3 Å². The van der Waals surface area contributed by atoms with E-state index in [9.17, 15) is 13.2 Å². The summed E-state index contributed by atoms with van der Waals surface area (Å²) in [6.45, 7) is 4.43. The van der Waals surface area contributed by atoms with Gasteiger partial charge in [-0.3, -0.25) is 9.35 Å². The lowest BCUT2D eigenvalue weighted by molar-refractivity contribution is -0.117. The molecule has 0 aliphatic carbocycles. The predicted octanol–water partition coefficient (Wildman–Crippen LogP) is -1.15. The van der Waals surface area contributed by atoms with Gasteiger partial charge in [0.25, 0.3) is 10.1 Å². The molecule has 0 bridgehead atoms. The Labute approximate surface area is 76.6 Å². The van der Waals surface area contributed by atoms with Crippen molar-refractivity contribution in [3.05, 3.63) is 12.7 Å². The van der Waals surface area contributed by atoms with E-state index in [1.54, 1.807) is 0 Å². The summed E-state index contributed by atoms with van der Waals surface area (Å²) < 4.78 is 29.3. The number of nitrogens with two attached hydrogens (primary N) is 1. The summed E-state index contributed by atoms with van der Waals surface area (Å²) in [4.78, 5) is 10.7. The molecule has 0 aromatic rings. The van der Waals surface area contributed by atoms with Crippen LogP contribution in [0.25, 0.3) is 0 Å². The predicted molar refractivity (Wildman–Crippen MR) is 47.3 cm³/mol. The van der Waals surface area contributed by atoms with Gasteiger partial charge in [-0.05, 0) is 13.0 Å². The molecule has 0 saturated heterocycles. The first-order valence-electron chi connectivity index (χ1n) is 3.35. The van der Waals surface area contributed by atoms with Gasteiger partial charge in [0, 0.05) is 0 Å². The largest absolute Gasteiger partial charge is 0.334 e. The maximum Gasteiger partial charge on any atom is 0.268 e. The van der Waals surface area contributed by atoms with Crippen LogP contribution in [0.15, 0.2) is 12.7 Å². The molecule has 0 rings (SSSR count). The summed E-state index contributed by atoms with van der Waals surface area (Å²) in [5.41, 5.74) is 3.86. The second-order valence-electron chi connectivity index (χ2n) is 2.84. The first-order valence-corrected chi connectivity index (χ1v) is 4.96. The standard InChI is InChI=1S/C6H12N2O4S/c1-3-5(9)8-6(2,7)4-13(10,11)12/h3H,1,4,7H2,2H3,(H,8,9)(H,10,11,12). The molecule has 1 unspecified atom stereocenters. The summed E-state index contributed by atoms with van der Waals surface area (Å²) in [7, 11) is -4.21. The molecule has 0 heterocycles. The van der Waals surface area contributed by atoms with Crippen molar-refractivity contribution in [1.29, 1.82) is 0 Å². The molecule has 6 nitrogen and oxygen atoms in total. The second kappa shape index (κ2) is 3.86. The van der Waals surface area contributed by atoms with Gasteiger partial charge in [0.15, 0.2) is 0 Å². The number of carbonyl (C=O) groups is 1. The molecule has 13 heavy (non-hydrogen) atoms. The topological polar surface area (TPSA) is 109 Å². The zero-order valence-corrected chi connectivity index (χ0v) is 7.97. The number of nitrogens with one attached hydrogen (secondary N) is 1. The molecule has 76 valence electrons. The van der Waals surface area contributed by atoms with E-state index in [1.807, 2.05) is 0 Å². The molecule has 0 aliphatic heterocycles. The molecule has 4 N–H and O–H groups in total. The quantitative estimate of drug-likeness (QED) is 0.307. The van der Waals surface area contributed by atoms with E-state index in [1.165, 1.54) is 6.92 Å². The third-order valence-electron chi connectivity index (χ3n) is 1.08. The highest BCUT2D eigenvalue weighted by Crippen LogP contribution is 1.98. The second-order valence-corrected chi connectivity index (χ2v) is 4.29. The molecule has 0 radical (unpaired) electrons. The van der Waals surface area contributed by atoms with Crippen molar-refractivity contribution < 1.29 is 17.8 Å². The summed E-state index contributed by atoms with van der Waals surface area (Å²) in [6, 6.07) is 0. The minimum absolute atomic E-state index is 0.603. The first-order chi connectivity index (χ1) is 5.66. The van der Waals surface area contributed by atoms with Gasteiger partial charge in [-0.15, -0.1) is 0 Å². The minimum atomic E-state index is -4.21. The lowest BCUT2D eigenvalue weighted by atomic mass is 10.2. The zero-order chi connectivity index (χ0) is 10.7. The van der Waals surface area contributed by atoms with E-state index in [0.717, 1.165) is 6.08 Å². The van der Waals surface area contributed by atoms with Gasteiger partial charge in [0.2, 0.25) is 5.91 Å². The highest BCUT2D eigenvalue weighted by Gasteiger charge is 2.26. The molecule has 0 saturated carbocycles. The Morgan fingerprint density at radius 2 is 2.23 bits per heavy atom. The van der Waals surface area contributed by atoms with Crippen molar-refractivity contribution in [3.8, 4) is 0 Å². The van der Waals surface area contributed by atoms with Gasteiger partial charge in [0.1, 0.15) is 11.4 Å². The third-order valence-corrected chi connectivity index (χ3v) is 2.04. The number of amides is 1. The van der Waals surface area contributed by atoms with Crippen molar-refractivity contribution in [2.45, 2.75) is 12.6 Å². The van der Waals surface area contributed by atoms with Crippen LogP contribution in [0.1, 0.15) is 6.92 Å². The Balaban J connectivity index is 4.41. The third kappa shape index (κ3) is 6.26. The molecule has 0 aromatic carbocycles. The van der Waals surface area contributed by atoms with Crippen LogP contribution in [0.3, 0.4) is 0 Å². The zero-order valence-electron chi connectivity index (χ0n) is 7.15. The van der Waals surface area contributed by atoms with E-state index in [0.29, 0.717) is 0 Å². The summed E-state index contributed by atoms with van der Waals surface area (Å²) in [5, 5.41) is 2.14. The van der Waals surface area contributed by atoms with Crippen molar-refractivity contribution in [3.63, 3.8) is 0 Å². The molecule has 0 aromatic heterocycles. The smallest absolute Gasteiger partial charge is 0.268 e. The van der Waals surface area contributed by atoms with Crippen molar-refractivity contribution in [2.75, 3.05) is 5.75 Å². The Kier molecular flexibility index (Phi) is 3.59. The summed E-state index contributed by atoms with van der Waals surface area (Å²) in [5.74, 6) is -1.35. The SMILES string of the molecule is C=CC(=O)NC(C)(N)CS(=O)(=O)O. The summed E-state index contributed by atoms with van der Waals surface area (Å²) in [6.07, 6.45) is 0.953. The van der Waals surface area contributed by atoms with Gasteiger partial charge < -0.3 is 11.1 Å². The van der Waals surface area contributed by atoms with Crippen LogP contribution in [0.5, 0.6) is 0 Å². The van der Waals surface area contributed by atoms with Crippen LogP contribution < -0.4 is 11.1 Å². The van der Waals surface area contributed by atoms with E-state index in [4.69, 9.17) is 10.3 Å². The average Bonchev–Trinajstić information content (AvgIpc) is 1.80. The Bertz CT molecular complexity index is 307. The highest BCUT2D eigenvalue weighted by atomic mass is 32.2.